The fourth-order valence-corrected chi connectivity index (χ4v) is 9.63. The summed E-state index contributed by atoms with van der Waals surface area (Å²) >= 11 is 8.23. The standard InChI is InChI=1S/C61H90N14O23S2/c1-26(2)18-40(61(97)98)70-53(89)36(16-17-45(82)83)66-58(94)47(27(3)4)74-57(93)42(25-100)72-59(95)48(29(6)76)73-44(81)23-64-52(88)37(19-31-8-12-33(78)13-9-31)67-54(90)38(20-32-10-14-34(79)15-11-32)68-55(91)39(22-46(84)85)69-56(92)41(24-99)71-60(96)49(30(7)77)75-50(86)28(5)65-51(87)35(62)21-43(63)80/h8-15,26-30,35-42,47-49,76-79,99-100H,16-25,62H2,1-7H3,(H2,63,80)(H,64,88)(H,65,87)(H,66,94)(H,67,90)(H,68,91)(H,69,92)(H,70,89)(H,71,96)(H,72,95)(H,73,81)(H,74,93)(H,75,86)(H,82,83)(H,84,85)(H,97,98)/t28-,29+,30+,35-,36-,37-,38-,39-,40-,41-,42-,47-,48-,49-/m0/s1. The number of aliphatic hydroxyl groups excluding tert-OH is 2. The molecule has 39 heteroatoms. The smallest absolute Gasteiger partial charge is 0.326 e. The molecular formula is C61H90N14O23S2. The maximum atomic E-state index is 14.5. The number of carbonyl (C=O) groups excluding carboxylic acids is 13. The Morgan fingerprint density at radius 3 is 1.25 bits per heavy atom. The highest BCUT2D eigenvalue weighted by molar-refractivity contribution is 7.80. The molecule has 0 bridgehead atoms. The minimum atomic E-state index is -2.06. The van der Waals surface area contributed by atoms with Crippen LogP contribution in [0.5, 0.6) is 11.5 Å². The average molecular weight is 1450 g/mol. The maximum Gasteiger partial charge on any atom is 0.326 e. The topological polar surface area (TPSA) is 611 Å². The Morgan fingerprint density at radius 2 is 0.820 bits per heavy atom. The molecular weight excluding hydrogens is 1360 g/mol. The van der Waals surface area contributed by atoms with E-state index >= 15 is 0 Å². The molecule has 0 unspecified atom stereocenters. The molecule has 37 nitrogen and oxygen atoms in total. The second-order valence-electron chi connectivity index (χ2n) is 24.0. The van der Waals surface area contributed by atoms with Gasteiger partial charge in [0.25, 0.3) is 0 Å². The van der Waals surface area contributed by atoms with Gasteiger partial charge < -0.3 is 111 Å². The molecule has 14 atom stereocenters. The first-order chi connectivity index (χ1) is 46.7. The number of aliphatic carboxylic acids is 3. The number of hydrogen-bond donors (Lipinski definition) is 23. The summed E-state index contributed by atoms with van der Waals surface area (Å²) in [7, 11) is 0. The minimum Gasteiger partial charge on any atom is -0.508 e. The van der Waals surface area contributed by atoms with Crippen LogP contribution in [0.15, 0.2) is 48.5 Å². The van der Waals surface area contributed by atoms with Crippen LogP contribution in [0.2, 0.25) is 0 Å². The molecule has 0 fully saturated rings. The van der Waals surface area contributed by atoms with Crippen LogP contribution in [0.1, 0.15) is 91.7 Å². The minimum absolute atomic E-state index is 0.00944. The van der Waals surface area contributed by atoms with E-state index in [0.717, 1.165) is 13.8 Å². The highest BCUT2D eigenvalue weighted by atomic mass is 32.1. The van der Waals surface area contributed by atoms with Crippen molar-refractivity contribution < 1.29 is 112 Å². The summed E-state index contributed by atoms with van der Waals surface area (Å²) in [4.78, 5) is 210. The zero-order chi connectivity index (χ0) is 76.0. The predicted octanol–water partition coefficient (Wildman–Crippen LogP) is -6.70. The average Bonchev–Trinajstić information content (AvgIpc) is 0.857. The number of nitrogens with one attached hydrogen (secondary N) is 12. The van der Waals surface area contributed by atoms with Crippen LogP contribution in [0.3, 0.4) is 0 Å². The maximum absolute atomic E-state index is 14.5. The molecule has 0 aliphatic carbocycles. The summed E-state index contributed by atoms with van der Waals surface area (Å²) in [6.45, 7) is 8.73. The third-order valence-corrected chi connectivity index (χ3v) is 15.3. The van der Waals surface area contributed by atoms with Crippen molar-refractivity contribution in [3.63, 3.8) is 0 Å². The second kappa shape index (κ2) is 42.2. The first-order valence-electron chi connectivity index (χ1n) is 31.1. The first kappa shape index (κ1) is 86.2. The Hall–Kier alpha value is -9.86. The summed E-state index contributed by atoms with van der Waals surface area (Å²) in [6, 6.07) is -9.63. The van der Waals surface area contributed by atoms with Gasteiger partial charge in [0.15, 0.2) is 0 Å². The van der Waals surface area contributed by atoms with Crippen molar-refractivity contribution >= 4 is 120 Å². The zero-order valence-corrected chi connectivity index (χ0v) is 57.4. The van der Waals surface area contributed by atoms with Crippen LogP contribution >= 0.6 is 25.3 Å². The first-order valence-corrected chi connectivity index (χ1v) is 32.4. The number of carboxylic acid groups (broad SMARTS) is 3. The van der Waals surface area contributed by atoms with E-state index in [0.29, 0.717) is 0 Å². The van der Waals surface area contributed by atoms with E-state index in [9.17, 15) is 112 Å². The number of benzene rings is 2. The fraction of sp³-hybridized carbons (Fsp3) is 0.541. The third-order valence-electron chi connectivity index (χ3n) is 14.6. The van der Waals surface area contributed by atoms with E-state index in [-0.39, 0.29) is 35.0 Å². The van der Waals surface area contributed by atoms with Gasteiger partial charge in [-0.1, -0.05) is 52.0 Å². The summed E-state index contributed by atoms with van der Waals surface area (Å²) in [5.41, 5.74) is 11.2. The number of aromatic hydroxyl groups is 2. The van der Waals surface area contributed by atoms with Gasteiger partial charge in [-0.15, -0.1) is 0 Å². The molecule has 0 aliphatic heterocycles. The normalized spacial score (nSPS) is 15.3. The monoisotopic (exact) mass is 1450 g/mol. The van der Waals surface area contributed by atoms with Crippen LogP contribution < -0.4 is 75.3 Å². The molecule has 2 rings (SSSR count). The molecule has 0 saturated heterocycles. The largest absolute Gasteiger partial charge is 0.508 e. The lowest BCUT2D eigenvalue weighted by molar-refractivity contribution is -0.143. The Bertz CT molecular complexity index is 3240. The molecule has 0 spiro atoms. The number of aliphatic hydroxyl groups is 2. The number of hydrogen-bond acceptors (Lipinski definition) is 23. The van der Waals surface area contributed by atoms with E-state index in [2.05, 4.69) is 89.1 Å². The van der Waals surface area contributed by atoms with Crippen LogP contribution in [0.25, 0.3) is 0 Å². The van der Waals surface area contributed by atoms with Gasteiger partial charge in [0, 0.05) is 30.8 Å². The van der Waals surface area contributed by atoms with Crippen LogP contribution in [-0.4, -0.2) is 233 Å². The molecule has 0 saturated carbocycles. The van der Waals surface area contributed by atoms with Crippen molar-refractivity contribution in [2.45, 2.75) is 178 Å². The van der Waals surface area contributed by atoms with Gasteiger partial charge in [0.1, 0.15) is 78.0 Å². The number of thiol groups is 2. The summed E-state index contributed by atoms with van der Waals surface area (Å²) in [6.07, 6.45) is -7.14. The van der Waals surface area contributed by atoms with E-state index in [4.69, 9.17) is 11.5 Å². The molecule has 0 aromatic heterocycles. The number of nitrogens with two attached hydrogens (primary N) is 2. The van der Waals surface area contributed by atoms with Gasteiger partial charge in [-0.05, 0) is 80.8 Å². The molecule has 2 aromatic carbocycles. The highest BCUT2D eigenvalue weighted by Crippen LogP contribution is 2.16. The molecule has 100 heavy (non-hydrogen) atoms. The molecule has 0 aliphatic rings. The fourth-order valence-electron chi connectivity index (χ4n) is 9.12. The van der Waals surface area contributed by atoms with Crippen molar-refractivity contribution in [2.24, 2.45) is 23.3 Å². The van der Waals surface area contributed by atoms with Gasteiger partial charge in [-0.3, -0.25) is 71.9 Å². The summed E-state index contributed by atoms with van der Waals surface area (Å²) in [5.74, 6) is -21.2. The Labute approximate surface area is 584 Å². The number of rotatable bonds is 43. The van der Waals surface area contributed by atoms with Gasteiger partial charge in [-0.2, -0.15) is 25.3 Å². The van der Waals surface area contributed by atoms with E-state index in [1.807, 2.05) is 0 Å². The van der Waals surface area contributed by atoms with Gasteiger partial charge in [0.05, 0.1) is 37.6 Å². The molecule has 2 aromatic rings. The number of carbonyl (C=O) groups is 16. The number of phenolic OH excluding ortho intramolecular Hbond substituents is 2. The summed E-state index contributed by atoms with van der Waals surface area (Å²) in [5, 5.41) is 97.6. The van der Waals surface area contributed by atoms with E-state index in [1.165, 1.54) is 69.3 Å². The van der Waals surface area contributed by atoms with Crippen molar-refractivity contribution in [1.29, 1.82) is 0 Å². The lowest BCUT2D eigenvalue weighted by atomic mass is 10.0. The van der Waals surface area contributed by atoms with Gasteiger partial charge in [-0.25, -0.2) is 4.79 Å². The SMILES string of the molecule is CC(C)C[C@H](NC(=O)[C@H](CCC(=O)O)NC(=O)[C@@H](NC(=O)[C@H](CS)NC(=O)[C@@H](NC(=O)CNC(=O)[C@H](Cc1ccc(O)cc1)NC(=O)[C@H](Cc1ccc(O)cc1)NC(=O)[C@H](CC(=O)O)NC(=O)[C@H](CS)NC(=O)[C@@H](NC(=O)[C@H](C)NC(=O)[C@@H](N)CC(N)=O)[C@@H](C)O)[C@@H](C)O)C(C)C)C(=O)O. The third kappa shape index (κ3) is 30.5. The molecule has 23 N–H and O–H groups in total. The molecule has 0 radical (unpaired) electrons. The molecule has 13 amide bonds. The Morgan fingerprint density at radius 1 is 0.430 bits per heavy atom. The number of phenols is 2. The second-order valence-corrected chi connectivity index (χ2v) is 24.7. The number of primary amides is 1. The van der Waals surface area contributed by atoms with E-state index in [1.54, 1.807) is 13.8 Å². The van der Waals surface area contributed by atoms with Crippen LogP contribution in [0.4, 0.5) is 0 Å². The lowest BCUT2D eigenvalue weighted by Crippen LogP contribution is -2.62. The molecule has 0 heterocycles. The van der Waals surface area contributed by atoms with Gasteiger partial charge >= 0.3 is 17.9 Å². The molecule has 554 valence electrons. The number of carboxylic acids is 3. The Balaban J connectivity index is 2.41. The van der Waals surface area contributed by atoms with Crippen molar-refractivity contribution in [3.8, 4) is 11.5 Å². The number of amides is 13. The van der Waals surface area contributed by atoms with Gasteiger partial charge in [0.2, 0.25) is 76.8 Å². The Kier molecular flexibility index (Phi) is 36.4. The van der Waals surface area contributed by atoms with E-state index < -0.39 is 242 Å². The predicted molar refractivity (Wildman–Crippen MR) is 357 cm³/mol. The van der Waals surface area contributed by atoms with Crippen molar-refractivity contribution in [3.05, 3.63) is 59.7 Å². The van der Waals surface area contributed by atoms with Crippen LogP contribution in [0, 0.1) is 11.8 Å². The quantitative estimate of drug-likeness (QED) is 0.0275. The van der Waals surface area contributed by atoms with Crippen molar-refractivity contribution in [2.75, 3.05) is 18.1 Å². The highest BCUT2D eigenvalue weighted by Gasteiger charge is 2.38. The zero-order valence-electron chi connectivity index (χ0n) is 55.6. The lowest BCUT2D eigenvalue weighted by Gasteiger charge is -2.28. The van der Waals surface area contributed by atoms with Crippen molar-refractivity contribution in [1.82, 2.24) is 63.8 Å². The van der Waals surface area contributed by atoms with Crippen LogP contribution in [-0.2, 0) is 89.6 Å². The summed E-state index contributed by atoms with van der Waals surface area (Å²) < 4.78 is 0.